The van der Waals surface area contributed by atoms with Gasteiger partial charge in [0, 0.05) is 42.4 Å². The van der Waals surface area contributed by atoms with E-state index in [1.807, 2.05) is 25.5 Å². The van der Waals surface area contributed by atoms with Crippen molar-refractivity contribution in [1.29, 1.82) is 0 Å². The molecule has 0 atom stereocenters. The van der Waals surface area contributed by atoms with Crippen molar-refractivity contribution in [2.24, 2.45) is 7.05 Å². The number of anilines is 1. The fourth-order valence-corrected chi connectivity index (χ4v) is 5.71. The topological polar surface area (TPSA) is 78.9 Å². The largest absolute Gasteiger partial charge is 0.397 e. The quantitative estimate of drug-likeness (QED) is 0.369. The monoisotopic (exact) mass is 417 g/mol. The molecule has 140 valence electrons. The van der Waals surface area contributed by atoms with Crippen LogP contribution in [0.4, 0.5) is 5.69 Å². The number of fused-ring (bicyclic) bond motifs is 1. The van der Waals surface area contributed by atoms with Crippen LogP contribution in [0, 0.1) is 6.92 Å². The second kappa shape index (κ2) is 7.59. The summed E-state index contributed by atoms with van der Waals surface area (Å²) in [5.41, 5.74) is 10.3. The van der Waals surface area contributed by atoms with Crippen molar-refractivity contribution in [2.45, 2.75) is 11.1 Å². The van der Waals surface area contributed by atoms with Crippen LogP contribution in [0.15, 0.2) is 28.0 Å². The number of rotatable bonds is 6. The highest BCUT2D eigenvalue weighted by atomic mass is 32.2. The van der Waals surface area contributed by atoms with Crippen molar-refractivity contribution in [3.05, 3.63) is 29.7 Å². The second-order valence-electron chi connectivity index (χ2n) is 5.97. The van der Waals surface area contributed by atoms with Crippen LogP contribution in [0.2, 0.25) is 0 Å². The van der Waals surface area contributed by atoms with E-state index in [0.717, 1.165) is 53.6 Å². The average molecular weight is 418 g/mol. The zero-order valence-corrected chi connectivity index (χ0v) is 17.7. The third kappa shape index (κ3) is 3.36. The van der Waals surface area contributed by atoms with Crippen LogP contribution in [-0.2, 0) is 11.8 Å². The third-order valence-electron chi connectivity index (χ3n) is 4.33. The highest BCUT2D eigenvalue weighted by Gasteiger charge is 2.20. The molecule has 4 rings (SSSR count). The SMILES string of the molecule is COCCSc1sc2nc(-c3nccs3)cc(-c3cnc(C)n3C)c2c1N. The Hall–Kier alpha value is -1.94. The molecule has 27 heavy (non-hydrogen) atoms. The van der Waals surface area contributed by atoms with Crippen molar-refractivity contribution >= 4 is 50.3 Å². The number of nitrogens with zero attached hydrogens (tertiary/aromatic N) is 4. The average Bonchev–Trinajstić information content (AvgIpc) is 3.37. The summed E-state index contributed by atoms with van der Waals surface area (Å²) in [6, 6.07) is 2.07. The number of thiazole rings is 1. The first kappa shape index (κ1) is 18.4. The standard InChI is InChI=1S/C18H19N5OS3/c1-10-21-9-13(23(10)2)11-8-12(16-20-4-6-25-16)22-17-14(11)15(19)18(27-17)26-7-5-24-3/h4,6,8-9H,5,7,19H2,1-3H3. The van der Waals surface area contributed by atoms with Crippen LogP contribution < -0.4 is 5.73 Å². The fraction of sp³-hybridized carbons (Fsp3) is 0.278. The molecule has 0 fully saturated rings. The normalized spacial score (nSPS) is 11.5. The predicted molar refractivity (Wildman–Crippen MR) is 115 cm³/mol. The van der Waals surface area contributed by atoms with Crippen LogP contribution in [0.5, 0.6) is 0 Å². The van der Waals surface area contributed by atoms with E-state index in [-0.39, 0.29) is 0 Å². The van der Waals surface area contributed by atoms with Crippen molar-refractivity contribution in [3.8, 4) is 22.0 Å². The maximum Gasteiger partial charge on any atom is 0.141 e. The molecule has 0 radical (unpaired) electrons. The van der Waals surface area contributed by atoms with Gasteiger partial charge in [-0.2, -0.15) is 0 Å². The van der Waals surface area contributed by atoms with E-state index in [4.69, 9.17) is 15.5 Å². The molecule has 0 saturated heterocycles. The smallest absolute Gasteiger partial charge is 0.141 e. The zero-order valence-electron chi connectivity index (χ0n) is 15.2. The molecular weight excluding hydrogens is 398 g/mol. The van der Waals surface area contributed by atoms with Crippen LogP contribution >= 0.6 is 34.4 Å². The lowest BCUT2D eigenvalue weighted by atomic mass is 10.1. The maximum atomic E-state index is 6.55. The van der Waals surface area contributed by atoms with Gasteiger partial charge in [0.25, 0.3) is 0 Å². The number of nitrogens with two attached hydrogens (primary N) is 1. The molecule has 4 aromatic rings. The molecule has 0 amide bonds. The van der Waals surface area contributed by atoms with E-state index in [1.165, 1.54) is 0 Å². The zero-order chi connectivity index (χ0) is 19.0. The Bertz CT molecular complexity index is 1080. The minimum Gasteiger partial charge on any atom is -0.397 e. The van der Waals surface area contributed by atoms with Gasteiger partial charge in [-0.15, -0.1) is 34.4 Å². The summed E-state index contributed by atoms with van der Waals surface area (Å²) in [6.45, 7) is 2.68. The van der Waals surface area contributed by atoms with Gasteiger partial charge in [-0.1, -0.05) is 0 Å². The lowest BCUT2D eigenvalue weighted by Crippen LogP contribution is -1.97. The van der Waals surface area contributed by atoms with Crippen molar-refractivity contribution < 1.29 is 4.74 Å². The van der Waals surface area contributed by atoms with E-state index >= 15 is 0 Å². The number of imidazole rings is 1. The van der Waals surface area contributed by atoms with Gasteiger partial charge in [0.15, 0.2) is 0 Å². The molecule has 0 aliphatic heterocycles. The lowest BCUT2D eigenvalue weighted by molar-refractivity contribution is 0.218. The van der Waals surface area contributed by atoms with Crippen LogP contribution in [-0.4, -0.2) is 39.0 Å². The van der Waals surface area contributed by atoms with Crippen LogP contribution in [0.3, 0.4) is 0 Å². The van der Waals surface area contributed by atoms with Gasteiger partial charge in [0.1, 0.15) is 21.4 Å². The Morgan fingerprint density at radius 1 is 1.33 bits per heavy atom. The first-order valence-electron chi connectivity index (χ1n) is 8.33. The molecule has 0 aliphatic rings. The molecule has 0 aliphatic carbocycles. The Morgan fingerprint density at radius 3 is 2.85 bits per heavy atom. The number of methoxy groups -OCH3 is 1. The van der Waals surface area contributed by atoms with Crippen molar-refractivity contribution in [3.63, 3.8) is 0 Å². The summed E-state index contributed by atoms with van der Waals surface area (Å²) in [5.74, 6) is 1.81. The molecule has 0 unspecified atom stereocenters. The number of ether oxygens (including phenoxy) is 1. The summed E-state index contributed by atoms with van der Waals surface area (Å²) in [6.07, 6.45) is 3.69. The molecule has 0 spiro atoms. The summed E-state index contributed by atoms with van der Waals surface area (Å²) >= 11 is 4.91. The number of thioether (sulfide) groups is 1. The number of thiophene rings is 1. The number of nitrogen functional groups attached to an aromatic ring is 1. The molecule has 4 aromatic heterocycles. The Labute approximate surface area is 169 Å². The molecular formula is C18H19N5OS3. The number of hydrogen-bond donors (Lipinski definition) is 1. The maximum absolute atomic E-state index is 6.55. The molecule has 0 aromatic carbocycles. The van der Waals surface area contributed by atoms with Gasteiger partial charge in [0.05, 0.1) is 28.4 Å². The highest BCUT2D eigenvalue weighted by molar-refractivity contribution is 8.01. The number of aryl methyl sites for hydroxylation is 1. The second-order valence-corrected chi connectivity index (χ2v) is 9.22. The Morgan fingerprint density at radius 2 is 2.19 bits per heavy atom. The minimum absolute atomic E-state index is 0.684. The fourth-order valence-electron chi connectivity index (χ4n) is 2.84. The number of hydrogen-bond acceptors (Lipinski definition) is 8. The molecule has 6 nitrogen and oxygen atoms in total. The molecule has 0 saturated carbocycles. The number of pyridine rings is 1. The molecule has 9 heteroatoms. The van der Waals surface area contributed by atoms with Crippen LogP contribution in [0.1, 0.15) is 5.82 Å². The summed E-state index contributed by atoms with van der Waals surface area (Å²) < 4.78 is 8.32. The Kier molecular flexibility index (Phi) is 5.18. The van der Waals surface area contributed by atoms with E-state index in [9.17, 15) is 0 Å². The minimum atomic E-state index is 0.684. The molecule has 4 heterocycles. The van der Waals surface area contributed by atoms with Gasteiger partial charge in [0.2, 0.25) is 0 Å². The van der Waals surface area contributed by atoms with E-state index in [0.29, 0.717) is 6.61 Å². The highest BCUT2D eigenvalue weighted by Crippen LogP contribution is 2.45. The van der Waals surface area contributed by atoms with Crippen LogP contribution in [0.25, 0.3) is 32.2 Å². The van der Waals surface area contributed by atoms with Crippen molar-refractivity contribution in [1.82, 2.24) is 19.5 Å². The molecule has 0 bridgehead atoms. The van der Waals surface area contributed by atoms with Gasteiger partial charge in [-0.3, -0.25) is 0 Å². The summed E-state index contributed by atoms with van der Waals surface area (Å²) in [4.78, 5) is 14.7. The number of aromatic nitrogens is 4. The summed E-state index contributed by atoms with van der Waals surface area (Å²) in [5, 5.41) is 3.85. The van der Waals surface area contributed by atoms with Gasteiger partial charge < -0.3 is 15.0 Å². The third-order valence-corrected chi connectivity index (χ3v) is 7.48. The van der Waals surface area contributed by atoms with Gasteiger partial charge in [-0.05, 0) is 13.0 Å². The van der Waals surface area contributed by atoms with Gasteiger partial charge in [-0.25, -0.2) is 15.0 Å². The predicted octanol–water partition coefficient (Wildman–Crippen LogP) is 4.45. The van der Waals surface area contributed by atoms with E-state index in [1.54, 1.807) is 47.7 Å². The van der Waals surface area contributed by atoms with E-state index in [2.05, 4.69) is 20.6 Å². The van der Waals surface area contributed by atoms with Gasteiger partial charge >= 0.3 is 0 Å². The lowest BCUT2D eigenvalue weighted by Gasteiger charge is -2.08. The first-order valence-corrected chi connectivity index (χ1v) is 11.0. The first-order chi connectivity index (χ1) is 13.1. The van der Waals surface area contributed by atoms with Crippen molar-refractivity contribution in [2.75, 3.05) is 25.2 Å². The van der Waals surface area contributed by atoms with E-state index < -0.39 is 0 Å². The Balaban J connectivity index is 1.93. The summed E-state index contributed by atoms with van der Waals surface area (Å²) in [7, 11) is 3.73. The molecule has 2 N–H and O–H groups in total.